The Morgan fingerprint density at radius 3 is 2.36 bits per heavy atom. The van der Waals surface area contributed by atoms with Crippen LogP contribution >= 0.6 is 0 Å². The van der Waals surface area contributed by atoms with Crippen LogP contribution in [0.5, 0.6) is 0 Å². The number of nitrogens with one attached hydrogen (secondary N) is 1. The Morgan fingerprint density at radius 2 is 1.70 bits per heavy atom. The fourth-order valence-electron chi connectivity index (χ4n) is 5.56. The van der Waals surface area contributed by atoms with Gasteiger partial charge in [-0.3, -0.25) is 4.31 Å². The number of benzene rings is 4. The summed E-state index contributed by atoms with van der Waals surface area (Å²) in [6.07, 6.45) is 4.91. The molecule has 44 heavy (non-hydrogen) atoms. The molecule has 1 aromatic heterocycles. The normalized spacial score (nSPS) is 12.0. The van der Waals surface area contributed by atoms with Gasteiger partial charge in [0.15, 0.2) is 0 Å². The monoisotopic (exact) mass is 608 g/mol. The number of rotatable bonds is 10. The van der Waals surface area contributed by atoms with Crippen molar-refractivity contribution in [3.8, 4) is 22.5 Å². The van der Waals surface area contributed by atoms with E-state index in [-0.39, 0.29) is 5.82 Å². The summed E-state index contributed by atoms with van der Waals surface area (Å²) < 4.78 is 47.3. The van der Waals surface area contributed by atoms with Crippen molar-refractivity contribution in [2.45, 2.75) is 26.7 Å². The smallest absolute Gasteiger partial charge is 0.232 e. The second-order valence-corrected chi connectivity index (χ2v) is 12.8. The Kier molecular flexibility index (Phi) is 8.79. The number of hydrogen-bond acceptors (Lipinski definition) is 4. The van der Waals surface area contributed by atoms with E-state index in [9.17, 15) is 12.8 Å². The van der Waals surface area contributed by atoms with Crippen LogP contribution in [0.25, 0.3) is 44.7 Å². The summed E-state index contributed by atoms with van der Waals surface area (Å²) in [5.41, 5.74) is 9.09. The molecule has 0 aliphatic carbocycles. The zero-order valence-corrected chi connectivity index (χ0v) is 26.6. The molecular weight excluding hydrogens is 571 g/mol. The van der Waals surface area contributed by atoms with Gasteiger partial charge in [-0.2, -0.15) is 0 Å². The second-order valence-electron chi connectivity index (χ2n) is 10.8. The Hall–Kier alpha value is -4.62. The molecule has 0 atom stereocenters. The van der Waals surface area contributed by atoms with Gasteiger partial charge in [-0.05, 0) is 77.1 Å². The molecule has 0 saturated carbocycles. The summed E-state index contributed by atoms with van der Waals surface area (Å²) in [6, 6.07) is 26.2. The van der Waals surface area contributed by atoms with Gasteiger partial charge in [0, 0.05) is 42.4 Å². The average molecular weight is 609 g/mol. The molecule has 1 heterocycles. The Balaban J connectivity index is 1.80. The van der Waals surface area contributed by atoms with Crippen molar-refractivity contribution in [2.24, 2.45) is 0 Å². The molecule has 0 spiro atoms. The van der Waals surface area contributed by atoms with Crippen molar-refractivity contribution in [2.75, 3.05) is 24.7 Å². The molecule has 0 saturated heterocycles. The minimum atomic E-state index is -3.61. The molecule has 5 rings (SSSR count). The van der Waals surface area contributed by atoms with Crippen LogP contribution in [0, 0.1) is 5.82 Å². The van der Waals surface area contributed by atoms with Crippen molar-refractivity contribution in [3.63, 3.8) is 0 Å². The maximum atomic E-state index is 13.9. The quantitative estimate of drug-likeness (QED) is 0.172. The molecule has 0 aliphatic heterocycles. The lowest BCUT2D eigenvalue weighted by Gasteiger charge is -2.21. The molecular formula is C37H37FN2O3S. The Labute approximate surface area is 259 Å². The average Bonchev–Trinajstić information content (AvgIpc) is 3.40. The van der Waals surface area contributed by atoms with Crippen LogP contribution in [0.1, 0.15) is 42.5 Å². The number of allylic oxidation sites excluding steroid dienone is 1. The van der Waals surface area contributed by atoms with Gasteiger partial charge in [-0.15, -0.1) is 0 Å². The molecule has 0 radical (unpaired) electrons. The van der Waals surface area contributed by atoms with Crippen molar-refractivity contribution >= 4 is 38.0 Å². The molecule has 0 aliphatic rings. The van der Waals surface area contributed by atoms with Gasteiger partial charge < -0.3 is 9.73 Å². The highest BCUT2D eigenvalue weighted by Crippen LogP contribution is 2.43. The first-order valence-corrected chi connectivity index (χ1v) is 16.5. The number of nitrogens with zero attached hydrogens (tertiary/aromatic N) is 1. The third kappa shape index (κ3) is 5.92. The zero-order valence-electron chi connectivity index (χ0n) is 25.7. The minimum Gasteiger partial charge on any atom is -0.455 e. The largest absolute Gasteiger partial charge is 0.455 e. The number of halogens is 1. The molecule has 0 amide bonds. The van der Waals surface area contributed by atoms with Crippen molar-refractivity contribution in [1.82, 2.24) is 5.32 Å². The molecule has 226 valence electrons. The van der Waals surface area contributed by atoms with Crippen molar-refractivity contribution < 1.29 is 17.2 Å². The first kappa shape index (κ1) is 30.8. The van der Waals surface area contributed by atoms with Gasteiger partial charge in [-0.1, -0.05) is 69.0 Å². The van der Waals surface area contributed by atoms with Gasteiger partial charge in [0.05, 0.1) is 17.5 Å². The standard InChI is InChI=1S/C37H37FN2O3S/c1-7-12-33(39-4)36-32-22-31(28-15-11-14-27(21-28)24(3)30-16-10-9-13-25(30)8-2)34(40(5)44(6,41)42)23-35(32)43-37(36)26-17-19-29(38)20-18-26/h9-23,39H,3,7-8H2,1-2,4-6H3/b33-12-. The van der Waals surface area contributed by atoms with Crippen LogP contribution in [-0.2, 0) is 16.4 Å². The van der Waals surface area contributed by atoms with E-state index in [1.165, 1.54) is 28.3 Å². The second kappa shape index (κ2) is 12.5. The van der Waals surface area contributed by atoms with E-state index in [1.807, 2.05) is 43.4 Å². The highest BCUT2D eigenvalue weighted by molar-refractivity contribution is 7.92. The number of sulfonamides is 1. The van der Waals surface area contributed by atoms with E-state index in [1.54, 1.807) is 25.2 Å². The molecule has 0 unspecified atom stereocenters. The van der Waals surface area contributed by atoms with E-state index in [4.69, 9.17) is 4.42 Å². The Bertz CT molecular complexity index is 1990. The topological polar surface area (TPSA) is 62.6 Å². The van der Waals surface area contributed by atoms with Gasteiger partial charge in [0.2, 0.25) is 10.0 Å². The lowest BCUT2D eigenvalue weighted by Crippen LogP contribution is -2.25. The fourth-order valence-corrected chi connectivity index (χ4v) is 6.07. The lowest BCUT2D eigenvalue weighted by molar-refractivity contribution is 0.600. The summed E-state index contributed by atoms with van der Waals surface area (Å²) in [5, 5.41) is 4.11. The van der Waals surface area contributed by atoms with Crippen molar-refractivity contribution in [1.29, 1.82) is 0 Å². The van der Waals surface area contributed by atoms with E-state index in [0.717, 1.165) is 57.3 Å². The van der Waals surface area contributed by atoms with Gasteiger partial charge in [0.1, 0.15) is 17.2 Å². The number of hydrogen-bond donors (Lipinski definition) is 1. The van der Waals surface area contributed by atoms with Crippen LogP contribution in [0.15, 0.2) is 102 Å². The number of anilines is 1. The van der Waals surface area contributed by atoms with Crippen LogP contribution in [0.4, 0.5) is 10.1 Å². The molecule has 4 aromatic carbocycles. The number of furan rings is 1. The SMILES string of the molecule is C=C(c1cccc(-c2cc3c(/C(=C/CC)NC)c(-c4ccc(F)cc4)oc3cc2N(C)S(C)(=O)=O)c1)c1ccccc1CC. The summed E-state index contributed by atoms with van der Waals surface area (Å²) in [7, 11) is -0.220. The van der Waals surface area contributed by atoms with Crippen LogP contribution in [0.2, 0.25) is 0 Å². The van der Waals surface area contributed by atoms with Crippen molar-refractivity contribution in [3.05, 3.63) is 126 Å². The first-order valence-electron chi connectivity index (χ1n) is 14.6. The summed E-state index contributed by atoms with van der Waals surface area (Å²) >= 11 is 0. The molecule has 0 bridgehead atoms. The van der Waals surface area contributed by atoms with E-state index in [0.29, 0.717) is 22.6 Å². The third-order valence-corrected chi connectivity index (χ3v) is 9.13. The molecule has 0 fully saturated rings. The minimum absolute atomic E-state index is 0.341. The highest BCUT2D eigenvalue weighted by Gasteiger charge is 2.25. The summed E-state index contributed by atoms with van der Waals surface area (Å²) in [6.45, 7) is 8.61. The molecule has 1 N–H and O–H groups in total. The van der Waals surface area contributed by atoms with E-state index < -0.39 is 10.0 Å². The number of fused-ring (bicyclic) bond motifs is 1. The maximum absolute atomic E-state index is 13.9. The molecule has 7 heteroatoms. The third-order valence-electron chi connectivity index (χ3n) is 7.94. The van der Waals surface area contributed by atoms with Gasteiger partial charge in [-0.25, -0.2) is 12.8 Å². The summed E-state index contributed by atoms with van der Waals surface area (Å²) in [5.74, 6) is 0.226. The van der Waals surface area contributed by atoms with E-state index in [2.05, 4.69) is 50.0 Å². The highest BCUT2D eigenvalue weighted by atomic mass is 32.2. The van der Waals surface area contributed by atoms with Gasteiger partial charge in [0.25, 0.3) is 0 Å². The van der Waals surface area contributed by atoms with Crippen LogP contribution in [0.3, 0.4) is 0 Å². The van der Waals surface area contributed by atoms with E-state index >= 15 is 0 Å². The van der Waals surface area contributed by atoms with Crippen LogP contribution < -0.4 is 9.62 Å². The number of aryl methyl sites for hydroxylation is 1. The molecule has 5 nitrogen and oxygen atoms in total. The van der Waals surface area contributed by atoms with Gasteiger partial charge >= 0.3 is 0 Å². The maximum Gasteiger partial charge on any atom is 0.232 e. The fraction of sp³-hybridized carbons (Fsp3) is 0.189. The van der Waals surface area contributed by atoms with Crippen LogP contribution in [-0.4, -0.2) is 28.8 Å². The molecule has 5 aromatic rings. The predicted molar refractivity (Wildman–Crippen MR) is 182 cm³/mol. The zero-order chi connectivity index (χ0) is 31.6. The summed E-state index contributed by atoms with van der Waals surface area (Å²) in [4.78, 5) is 0. The Morgan fingerprint density at radius 1 is 0.977 bits per heavy atom. The first-order chi connectivity index (χ1) is 21.1. The predicted octanol–water partition coefficient (Wildman–Crippen LogP) is 8.90. The lowest BCUT2D eigenvalue weighted by atomic mass is 9.91.